The first-order valence-electron chi connectivity index (χ1n) is 10.5. The summed E-state index contributed by atoms with van der Waals surface area (Å²) in [5.74, 6) is 0.599. The van der Waals surface area contributed by atoms with Gasteiger partial charge in [0.1, 0.15) is 29.7 Å². The highest BCUT2D eigenvalue weighted by atomic mass is 16.3. The molecule has 0 fully saturated rings. The smallest absolute Gasteiger partial charge is 0.250 e. The lowest BCUT2D eigenvalue weighted by Crippen LogP contribution is -2.11. The lowest BCUT2D eigenvalue weighted by atomic mass is 9.99. The number of aromatic nitrogens is 5. The number of nitrogens with one attached hydrogen (secondary N) is 1. The van der Waals surface area contributed by atoms with Gasteiger partial charge < -0.3 is 20.0 Å². The van der Waals surface area contributed by atoms with E-state index in [-0.39, 0.29) is 5.91 Å². The third-order valence-corrected chi connectivity index (χ3v) is 5.50. The van der Waals surface area contributed by atoms with E-state index in [9.17, 15) is 4.79 Å². The molecule has 0 aliphatic rings. The predicted molar refractivity (Wildman–Crippen MR) is 131 cm³/mol. The highest BCUT2D eigenvalue weighted by molar-refractivity contribution is 6.08. The lowest BCUT2D eigenvalue weighted by Gasteiger charge is -2.10. The molecule has 0 bridgehead atoms. The van der Waals surface area contributed by atoms with Crippen LogP contribution in [0.5, 0.6) is 0 Å². The van der Waals surface area contributed by atoms with Crippen LogP contribution in [0.4, 0.5) is 11.5 Å². The third-order valence-electron chi connectivity index (χ3n) is 5.50. The standard InChI is InChI=1S/C25H21N7O2/c1-14(2)24(33)31-17-7-4-15(5-8-17)21-19(20-22(26)29-13-30-23(20)32(21)3)16-6-9-18(28-12-16)25-27-10-11-34-25/h4-13H,1H2,2-3H3,(H,31,33)(H2,26,29,30). The maximum Gasteiger partial charge on any atom is 0.250 e. The minimum absolute atomic E-state index is 0.224. The summed E-state index contributed by atoms with van der Waals surface area (Å²) in [5.41, 5.74) is 12.3. The number of nitrogens with zero attached hydrogens (tertiary/aromatic N) is 5. The Balaban J connectivity index is 1.65. The van der Waals surface area contributed by atoms with Crippen molar-refractivity contribution in [3.8, 4) is 34.0 Å². The molecular weight excluding hydrogens is 430 g/mol. The normalized spacial score (nSPS) is 11.0. The van der Waals surface area contributed by atoms with Gasteiger partial charge in [-0.1, -0.05) is 24.8 Å². The first-order valence-corrected chi connectivity index (χ1v) is 10.5. The number of pyridine rings is 1. The fourth-order valence-electron chi connectivity index (χ4n) is 3.86. The van der Waals surface area contributed by atoms with Crippen LogP contribution < -0.4 is 11.1 Å². The predicted octanol–water partition coefficient (Wildman–Crippen LogP) is 4.45. The zero-order valence-electron chi connectivity index (χ0n) is 18.6. The van der Waals surface area contributed by atoms with Gasteiger partial charge in [0.05, 0.1) is 17.3 Å². The Hall–Kier alpha value is -4.79. The van der Waals surface area contributed by atoms with Gasteiger partial charge in [0.2, 0.25) is 5.89 Å². The summed E-state index contributed by atoms with van der Waals surface area (Å²) in [6, 6.07) is 11.3. The number of hydrogen-bond donors (Lipinski definition) is 2. The number of carbonyl (C=O) groups excluding carboxylic acids is 1. The second-order valence-electron chi connectivity index (χ2n) is 7.82. The van der Waals surface area contributed by atoms with E-state index in [1.807, 2.05) is 48.0 Å². The number of anilines is 2. The molecule has 1 aromatic carbocycles. The summed E-state index contributed by atoms with van der Waals surface area (Å²) in [5, 5.41) is 3.56. The molecule has 5 rings (SSSR count). The van der Waals surface area contributed by atoms with Crippen molar-refractivity contribution >= 4 is 28.4 Å². The Bertz CT molecular complexity index is 1520. The molecular formula is C25H21N7O2. The summed E-state index contributed by atoms with van der Waals surface area (Å²) in [4.78, 5) is 29.3. The lowest BCUT2D eigenvalue weighted by molar-refractivity contribution is -0.112. The number of benzene rings is 1. The summed E-state index contributed by atoms with van der Waals surface area (Å²) in [7, 11) is 1.93. The molecule has 0 saturated carbocycles. The number of hydrogen-bond acceptors (Lipinski definition) is 7. The molecule has 34 heavy (non-hydrogen) atoms. The van der Waals surface area contributed by atoms with Gasteiger partial charge in [-0.05, 0) is 30.7 Å². The number of aryl methyl sites for hydroxylation is 1. The molecule has 4 aromatic heterocycles. The molecule has 0 radical (unpaired) electrons. The first kappa shape index (κ1) is 21.1. The van der Waals surface area contributed by atoms with Crippen LogP contribution in [0.3, 0.4) is 0 Å². The van der Waals surface area contributed by atoms with Crippen molar-refractivity contribution in [1.29, 1.82) is 0 Å². The van der Waals surface area contributed by atoms with Crippen LogP contribution in [-0.2, 0) is 11.8 Å². The highest BCUT2D eigenvalue weighted by Crippen LogP contribution is 2.41. The average molecular weight is 451 g/mol. The topological polar surface area (TPSA) is 125 Å². The fourth-order valence-corrected chi connectivity index (χ4v) is 3.86. The third kappa shape index (κ3) is 3.58. The first-order chi connectivity index (χ1) is 16.4. The number of rotatable bonds is 5. The molecule has 9 heteroatoms. The zero-order chi connectivity index (χ0) is 23.8. The van der Waals surface area contributed by atoms with Gasteiger partial charge in [-0.2, -0.15) is 0 Å². The molecule has 0 atom stereocenters. The largest absolute Gasteiger partial charge is 0.443 e. The number of oxazole rings is 1. The van der Waals surface area contributed by atoms with Gasteiger partial charge in [0, 0.05) is 35.6 Å². The van der Waals surface area contributed by atoms with E-state index in [1.54, 1.807) is 19.3 Å². The van der Waals surface area contributed by atoms with Crippen LogP contribution in [0, 0.1) is 0 Å². The van der Waals surface area contributed by atoms with Crippen LogP contribution in [0.2, 0.25) is 0 Å². The summed E-state index contributed by atoms with van der Waals surface area (Å²) >= 11 is 0. The van der Waals surface area contributed by atoms with E-state index in [0.29, 0.717) is 34.3 Å². The van der Waals surface area contributed by atoms with E-state index in [1.165, 1.54) is 12.6 Å². The Kier molecular flexibility index (Phi) is 5.14. The summed E-state index contributed by atoms with van der Waals surface area (Å²) in [6.45, 7) is 5.34. The van der Waals surface area contributed by atoms with E-state index < -0.39 is 0 Å². The molecule has 0 aliphatic heterocycles. The van der Waals surface area contributed by atoms with Crippen molar-refractivity contribution < 1.29 is 9.21 Å². The van der Waals surface area contributed by atoms with Gasteiger partial charge in [0.25, 0.3) is 5.91 Å². The minimum atomic E-state index is -0.224. The van der Waals surface area contributed by atoms with Gasteiger partial charge in [-0.25, -0.2) is 15.0 Å². The molecule has 168 valence electrons. The molecule has 3 N–H and O–H groups in total. The molecule has 9 nitrogen and oxygen atoms in total. The van der Waals surface area contributed by atoms with Crippen LogP contribution in [0.1, 0.15) is 6.92 Å². The van der Waals surface area contributed by atoms with Crippen molar-refractivity contribution in [2.24, 2.45) is 7.05 Å². The van der Waals surface area contributed by atoms with Gasteiger partial charge in [-0.3, -0.25) is 9.78 Å². The molecule has 0 spiro atoms. The second-order valence-corrected chi connectivity index (χ2v) is 7.82. The van der Waals surface area contributed by atoms with E-state index >= 15 is 0 Å². The molecule has 4 heterocycles. The molecule has 0 aliphatic carbocycles. The maximum absolute atomic E-state index is 12.0. The van der Waals surface area contributed by atoms with Crippen molar-refractivity contribution in [2.45, 2.75) is 6.92 Å². The van der Waals surface area contributed by atoms with Crippen LogP contribution >= 0.6 is 0 Å². The zero-order valence-corrected chi connectivity index (χ0v) is 18.6. The van der Waals surface area contributed by atoms with E-state index in [2.05, 4.69) is 31.8 Å². The number of carbonyl (C=O) groups is 1. The Morgan fingerprint density at radius 2 is 1.82 bits per heavy atom. The van der Waals surface area contributed by atoms with Crippen molar-refractivity contribution in [2.75, 3.05) is 11.1 Å². The molecule has 1 amide bonds. The molecule has 5 aromatic rings. The average Bonchev–Trinajstić information content (AvgIpc) is 3.47. The number of amides is 1. The number of nitrogens with two attached hydrogens (primary N) is 1. The summed E-state index contributed by atoms with van der Waals surface area (Å²) < 4.78 is 7.33. The van der Waals surface area contributed by atoms with Crippen molar-refractivity contribution in [1.82, 2.24) is 24.5 Å². The number of nitrogen functional groups attached to an aromatic ring is 1. The summed E-state index contributed by atoms with van der Waals surface area (Å²) in [6.07, 6.45) is 6.29. The van der Waals surface area contributed by atoms with Crippen molar-refractivity contribution in [3.63, 3.8) is 0 Å². The quantitative estimate of drug-likeness (QED) is 0.378. The Morgan fingerprint density at radius 3 is 2.47 bits per heavy atom. The second kappa shape index (κ2) is 8.28. The van der Waals surface area contributed by atoms with E-state index in [0.717, 1.165) is 27.8 Å². The van der Waals surface area contributed by atoms with Gasteiger partial charge >= 0.3 is 0 Å². The monoisotopic (exact) mass is 451 g/mol. The van der Waals surface area contributed by atoms with Gasteiger partial charge in [0.15, 0.2) is 0 Å². The van der Waals surface area contributed by atoms with Crippen molar-refractivity contribution in [3.05, 3.63) is 73.5 Å². The number of fused-ring (bicyclic) bond motifs is 1. The Labute approximate surface area is 195 Å². The van der Waals surface area contributed by atoms with Crippen LogP contribution in [0.15, 0.2) is 78.0 Å². The SMILES string of the molecule is C=C(C)C(=O)Nc1ccc(-c2c(-c3ccc(-c4ncco4)nc3)c3c(N)ncnc3n2C)cc1. The molecule has 0 unspecified atom stereocenters. The van der Waals surface area contributed by atoms with Crippen LogP contribution in [-0.4, -0.2) is 30.4 Å². The minimum Gasteiger partial charge on any atom is -0.443 e. The van der Waals surface area contributed by atoms with Crippen LogP contribution in [0.25, 0.3) is 45.0 Å². The molecule has 0 saturated heterocycles. The van der Waals surface area contributed by atoms with E-state index in [4.69, 9.17) is 10.2 Å². The fraction of sp³-hybridized carbons (Fsp3) is 0.0800. The Morgan fingerprint density at radius 1 is 1.06 bits per heavy atom. The maximum atomic E-state index is 12.0. The van der Waals surface area contributed by atoms with Gasteiger partial charge in [-0.15, -0.1) is 0 Å². The highest BCUT2D eigenvalue weighted by Gasteiger charge is 2.22.